The van der Waals surface area contributed by atoms with E-state index in [1.54, 1.807) is 0 Å². The van der Waals surface area contributed by atoms with Gasteiger partial charge in [0.2, 0.25) is 0 Å². The molecule has 0 spiro atoms. The molecule has 4 rings (SSSR count). The molecule has 3 aromatic rings. The van der Waals surface area contributed by atoms with Crippen LogP contribution in [0.4, 0.5) is 0 Å². The molecule has 1 fully saturated rings. The van der Waals surface area contributed by atoms with Crippen LogP contribution in [0.15, 0.2) is 116 Å². The van der Waals surface area contributed by atoms with Gasteiger partial charge in [0.25, 0.3) is 0 Å². The molecule has 1 heterocycles. The first-order valence-electron chi connectivity index (χ1n) is 13.6. The third kappa shape index (κ3) is 8.91. The highest BCUT2D eigenvalue weighted by Crippen LogP contribution is 2.33. The standard InChI is InChI=1S/C34H40O5/c1-4-5-21-30-33(38-26(2)3)34(37-24-29-19-13-8-14-20-29)32(36-23-28-17-11-7-12-18-28)31(39-30)25-35-22-27-15-9-6-10-16-27/h4,6-20,30-34H,1-2,5,21-25H2,3H3/t30-,31+,32+,33-,34-/m0/s1. The summed E-state index contributed by atoms with van der Waals surface area (Å²) in [6.07, 6.45) is 1.64. The van der Waals surface area contributed by atoms with E-state index >= 15 is 0 Å². The molecule has 1 saturated heterocycles. The van der Waals surface area contributed by atoms with Crippen LogP contribution < -0.4 is 0 Å². The van der Waals surface area contributed by atoms with Gasteiger partial charge in [0, 0.05) is 0 Å². The molecule has 0 aromatic heterocycles. The smallest absolute Gasteiger partial charge is 0.153 e. The van der Waals surface area contributed by atoms with Gasteiger partial charge < -0.3 is 23.7 Å². The van der Waals surface area contributed by atoms with E-state index in [2.05, 4.69) is 49.6 Å². The Morgan fingerprint density at radius 2 is 1.23 bits per heavy atom. The molecule has 5 atom stereocenters. The summed E-state index contributed by atoms with van der Waals surface area (Å²) in [4.78, 5) is 0. The van der Waals surface area contributed by atoms with Gasteiger partial charge in [-0.1, -0.05) is 104 Å². The summed E-state index contributed by atoms with van der Waals surface area (Å²) < 4.78 is 32.4. The van der Waals surface area contributed by atoms with Crippen LogP contribution in [0, 0.1) is 0 Å². The molecule has 39 heavy (non-hydrogen) atoms. The average Bonchev–Trinajstić information content (AvgIpc) is 2.96. The highest BCUT2D eigenvalue weighted by atomic mass is 16.6. The summed E-state index contributed by atoms with van der Waals surface area (Å²) in [5, 5.41) is 0. The Balaban J connectivity index is 1.59. The Hall–Kier alpha value is -3.22. The van der Waals surface area contributed by atoms with Crippen LogP contribution in [-0.2, 0) is 43.5 Å². The first-order chi connectivity index (χ1) is 19.1. The van der Waals surface area contributed by atoms with Gasteiger partial charge in [0.15, 0.2) is 6.10 Å². The summed E-state index contributed by atoms with van der Waals surface area (Å²) in [6, 6.07) is 30.4. The van der Waals surface area contributed by atoms with Gasteiger partial charge in [-0.05, 0) is 36.5 Å². The Bertz CT molecular complexity index is 1120. The van der Waals surface area contributed by atoms with Crippen molar-refractivity contribution < 1.29 is 23.7 Å². The molecule has 5 heteroatoms. The predicted octanol–water partition coefficient (Wildman–Crippen LogP) is 7.03. The molecule has 5 nitrogen and oxygen atoms in total. The van der Waals surface area contributed by atoms with Crippen LogP contribution in [0.2, 0.25) is 0 Å². The van der Waals surface area contributed by atoms with Gasteiger partial charge in [-0.2, -0.15) is 0 Å². The summed E-state index contributed by atoms with van der Waals surface area (Å²) >= 11 is 0. The molecular weight excluding hydrogens is 488 g/mol. The maximum atomic E-state index is 6.68. The van der Waals surface area contributed by atoms with Crippen molar-refractivity contribution in [1.29, 1.82) is 0 Å². The van der Waals surface area contributed by atoms with Gasteiger partial charge in [-0.15, -0.1) is 6.58 Å². The largest absolute Gasteiger partial charge is 0.490 e. The number of ether oxygens (including phenoxy) is 5. The summed E-state index contributed by atoms with van der Waals surface area (Å²) in [5.41, 5.74) is 3.27. The average molecular weight is 529 g/mol. The Morgan fingerprint density at radius 1 is 0.718 bits per heavy atom. The minimum Gasteiger partial charge on any atom is -0.490 e. The van der Waals surface area contributed by atoms with E-state index in [4.69, 9.17) is 23.7 Å². The predicted molar refractivity (Wildman–Crippen MR) is 154 cm³/mol. The summed E-state index contributed by atoms with van der Waals surface area (Å²) in [6.45, 7) is 11.5. The fraction of sp³-hybridized carbons (Fsp3) is 0.353. The molecular formula is C34H40O5. The van der Waals surface area contributed by atoms with E-state index in [9.17, 15) is 0 Å². The molecule has 0 unspecified atom stereocenters. The molecule has 0 radical (unpaired) electrons. The quantitative estimate of drug-likeness (QED) is 0.157. The SMILES string of the molecule is C=CCC[C@@H]1O[C@H](COCc2ccccc2)[C@@H](OCc2ccccc2)[C@H](OCc2ccccc2)[C@H]1OC(=C)C. The minimum absolute atomic E-state index is 0.234. The lowest BCUT2D eigenvalue weighted by Gasteiger charge is -2.46. The number of hydrogen-bond donors (Lipinski definition) is 0. The monoisotopic (exact) mass is 528 g/mol. The van der Waals surface area contributed by atoms with Gasteiger partial charge >= 0.3 is 0 Å². The second kappa shape index (κ2) is 15.4. The van der Waals surface area contributed by atoms with Gasteiger partial charge in [-0.25, -0.2) is 0 Å². The normalized spacial score (nSPS) is 22.7. The topological polar surface area (TPSA) is 46.2 Å². The fourth-order valence-electron chi connectivity index (χ4n) is 4.81. The zero-order valence-electron chi connectivity index (χ0n) is 22.8. The van der Waals surface area contributed by atoms with Crippen molar-refractivity contribution in [3.63, 3.8) is 0 Å². The highest BCUT2D eigenvalue weighted by Gasteiger charge is 2.48. The molecule has 0 saturated carbocycles. The lowest BCUT2D eigenvalue weighted by molar-refractivity contribution is -0.264. The molecule has 1 aliphatic rings. The second-order valence-electron chi connectivity index (χ2n) is 9.89. The van der Waals surface area contributed by atoms with Crippen molar-refractivity contribution in [2.24, 2.45) is 0 Å². The second-order valence-corrected chi connectivity index (χ2v) is 9.89. The molecule has 0 aliphatic carbocycles. The molecule has 206 valence electrons. The lowest BCUT2D eigenvalue weighted by Crippen LogP contribution is -2.61. The summed E-state index contributed by atoms with van der Waals surface area (Å²) in [5.74, 6) is 0.612. The van der Waals surface area contributed by atoms with Crippen molar-refractivity contribution in [2.45, 2.75) is 70.1 Å². The van der Waals surface area contributed by atoms with Crippen molar-refractivity contribution in [2.75, 3.05) is 6.61 Å². The van der Waals surface area contributed by atoms with E-state index in [-0.39, 0.29) is 12.2 Å². The lowest BCUT2D eigenvalue weighted by atomic mass is 9.91. The fourth-order valence-corrected chi connectivity index (χ4v) is 4.81. The van der Waals surface area contributed by atoms with E-state index < -0.39 is 18.3 Å². The van der Waals surface area contributed by atoms with E-state index in [0.29, 0.717) is 32.2 Å². The molecule has 0 N–H and O–H groups in total. The first kappa shape index (κ1) is 28.8. The summed E-state index contributed by atoms with van der Waals surface area (Å²) in [7, 11) is 0. The van der Waals surface area contributed by atoms with Crippen LogP contribution in [-0.4, -0.2) is 37.1 Å². The van der Waals surface area contributed by atoms with Crippen LogP contribution in [0.3, 0.4) is 0 Å². The van der Waals surface area contributed by atoms with E-state index in [1.807, 2.05) is 67.6 Å². The number of allylic oxidation sites excluding steroid dienone is 2. The van der Waals surface area contributed by atoms with Gasteiger partial charge in [-0.3, -0.25) is 0 Å². The third-order valence-electron chi connectivity index (χ3n) is 6.69. The van der Waals surface area contributed by atoms with Crippen molar-refractivity contribution in [1.82, 2.24) is 0 Å². The molecule has 0 bridgehead atoms. The highest BCUT2D eigenvalue weighted by molar-refractivity contribution is 5.15. The van der Waals surface area contributed by atoms with E-state index in [0.717, 1.165) is 29.5 Å². The van der Waals surface area contributed by atoms with Crippen molar-refractivity contribution in [3.8, 4) is 0 Å². The van der Waals surface area contributed by atoms with Crippen molar-refractivity contribution in [3.05, 3.63) is 133 Å². The minimum atomic E-state index is -0.422. The number of benzene rings is 3. The van der Waals surface area contributed by atoms with Crippen molar-refractivity contribution >= 4 is 0 Å². The van der Waals surface area contributed by atoms with Crippen LogP contribution in [0.1, 0.15) is 36.5 Å². The first-order valence-corrected chi connectivity index (χ1v) is 13.6. The maximum Gasteiger partial charge on any atom is 0.153 e. The zero-order chi connectivity index (χ0) is 27.3. The van der Waals surface area contributed by atoms with E-state index in [1.165, 1.54) is 0 Å². The Kier molecular flexibility index (Phi) is 11.4. The Morgan fingerprint density at radius 3 is 1.74 bits per heavy atom. The number of hydrogen-bond acceptors (Lipinski definition) is 5. The third-order valence-corrected chi connectivity index (χ3v) is 6.69. The molecule has 3 aromatic carbocycles. The van der Waals surface area contributed by atoms with Gasteiger partial charge in [0.05, 0.1) is 38.3 Å². The molecule has 1 aliphatic heterocycles. The Labute approximate surface area is 233 Å². The molecule has 0 amide bonds. The van der Waals surface area contributed by atoms with Gasteiger partial charge in [0.1, 0.15) is 18.3 Å². The number of rotatable bonds is 15. The maximum absolute atomic E-state index is 6.68. The van der Waals surface area contributed by atoms with Crippen LogP contribution in [0.25, 0.3) is 0 Å². The van der Waals surface area contributed by atoms with Crippen LogP contribution in [0.5, 0.6) is 0 Å². The zero-order valence-corrected chi connectivity index (χ0v) is 22.8. The van der Waals surface area contributed by atoms with Crippen LogP contribution >= 0.6 is 0 Å².